The first-order chi connectivity index (χ1) is 14.8. The monoisotopic (exact) mass is 452 g/mol. The van der Waals surface area contributed by atoms with Crippen LogP contribution >= 0.6 is 23.2 Å². The Bertz CT molecular complexity index is 1070. The molecule has 0 aromatic heterocycles. The molecule has 0 N–H and O–H groups in total. The lowest BCUT2D eigenvalue weighted by atomic mass is 9.98. The van der Waals surface area contributed by atoms with Crippen molar-refractivity contribution < 1.29 is 9.53 Å². The number of halogens is 2. The Morgan fingerprint density at radius 3 is 2.29 bits per heavy atom. The predicted molar refractivity (Wildman–Crippen MR) is 131 cm³/mol. The lowest BCUT2D eigenvalue weighted by Crippen LogP contribution is -2.09. The van der Waals surface area contributed by atoms with Crippen molar-refractivity contribution >= 4 is 34.6 Å². The van der Waals surface area contributed by atoms with E-state index in [1.54, 1.807) is 13.0 Å². The molecule has 3 rings (SSSR count). The van der Waals surface area contributed by atoms with E-state index in [2.05, 4.69) is 25.1 Å². The third kappa shape index (κ3) is 6.22. The van der Waals surface area contributed by atoms with Crippen molar-refractivity contribution in [3.05, 3.63) is 94.0 Å². The van der Waals surface area contributed by atoms with Crippen LogP contribution in [0.2, 0.25) is 10.0 Å². The van der Waals surface area contributed by atoms with Gasteiger partial charge < -0.3 is 4.74 Å². The number of ether oxygens (including phenoxy) is 1. The number of hydrogen-bond donors (Lipinski definition) is 0. The van der Waals surface area contributed by atoms with Gasteiger partial charge in [0.1, 0.15) is 18.1 Å². The van der Waals surface area contributed by atoms with E-state index in [9.17, 15) is 4.79 Å². The van der Waals surface area contributed by atoms with Gasteiger partial charge in [0, 0.05) is 11.5 Å². The summed E-state index contributed by atoms with van der Waals surface area (Å²) in [6.07, 6.45) is 2.82. The van der Waals surface area contributed by atoms with Crippen molar-refractivity contribution in [2.24, 2.45) is 5.92 Å². The van der Waals surface area contributed by atoms with E-state index in [-0.39, 0.29) is 11.7 Å². The van der Waals surface area contributed by atoms with Crippen LogP contribution in [0.3, 0.4) is 0 Å². The predicted octanol–water partition coefficient (Wildman–Crippen LogP) is 7.91. The summed E-state index contributed by atoms with van der Waals surface area (Å²) < 4.78 is 5.85. The normalized spacial score (nSPS) is 12.5. The van der Waals surface area contributed by atoms with E-state index in [0.29, 0.717) is 16.7 Å². The van der Waals surface area contributed by atoms with Gasteiger partial charge in [-0.3, -0.25) is 4.79 Å². The average Bonchev–Trinajstić information content (AvgIpc) is 2.77. The number of rotatable bonds is 8. The zero-order chi connectivity index (χ0) is 22.4. The first kappa shape index (κ1) is 23.1. The van der Waals surface area contributed by atoms with Crippen molar-refractivity contribution in [1.29, 1.82) is 0 Å². The zero-order valence-corrected chi connectivity index (χ0v) is 19.5. The molecule has 0 spiro atoms. The highest BCUT2D eigenvalue weighted by atomic mass is 35.5. The fourth-order valence-corrected chi connectivity index (χ4v) is 3.65. The van der Waals surface area contributed by atoms with Gasteiger partial charge in [-0.1, -0.05) is 78.7 Å². The topological polar surface area (TPSA) is 26.3 Å². The molecule has 0 fully saturated rings. The third-order valence-electron chi connectivity index (χ3n) is 5.40. The van der Waals surface area contributed by atoms with Crippen LogP contribution in [0.1, 0.15) is 31.9 Å². The molecule has 0 aliphatic carbocycles. The molecule has 31 heavy (non-hydrogen) atoms. The summed E-state index contributed by atoms with van der Waals surface area (Å²) in [6.45, 7) is 6.14. The van der Waals surface area contributed by atoms with E-state index in [4.69, 9.17) is 27.9 Å². The molecule has 0 amide bonds. The van der Waals surface area contributed by atoms with Gasteiger partial charge in [0.25, 0.3) is 0 Å². The molecule has 3 aromatic rings. The molecule has 0 heterocycles. The minimum absolute atomic E-state index is 0.0404. The molecule has 3 aromatic carbocycles. The van der Waals surface area contributed by atoms with Crippen LogP contribution in [-0.2, 0) is 11.2 Å². The smallest absolute Gasteiger partial charge is 0.132 e. The summed E-state index contributed by atoms with van der Waals surface area (Å²) in [5.41, 5.74) is 5.35. The summed E-state index contributed by atoms with van der Waals surface area (Å²) >= 11 is 12.5. The molecule has 0 radical (unpaired) electrons. The van der Waals surface area contributed by atoms with E-state index in [1.807, 2.05) is 55.5 Å². The number of hydrogen-bond acceptors (Lipinski definition) is 2. The standard InChI is InChI=1S/C27H26Cl2O2/c1-18(15-16-31-24-13-7-21(8-14-24)17-19(2)20(3)30)22-9-11-23(12-10-22)25-5-4-6-26(28)27(25)29/h4-15,19H,16-17H2,1-3H3/b18-15+. The second-order valence-electron chi connectivity index (χ2n) is 7.74. The molecule has 1 unspecified atom stereocenters. The second kappa shape index (κ2) is 10.7. The maximum atomic E-state index is 11.4. The van der Waals surface area contributed by atoms with Gasteiger partial charge in [-0.25, -0.2) is 0 Å². The van der Waals surface area contributed by atoms with Gasteiger partial charge in [-0.2, -0.15) is 0 Å². The number of benzene rings is 3. The van der Waals surface area contributed by atoms with Gasteiger partial charge in [-0.15, -0.1) is 0 Å². The molecule has 0 bridgehead atoms. The van der Waals surface area contributed by atoms with Gasteiger partial charge in [0.05, 0.1) is 10.0 Å². The van der Waals surface area contributed by atoms with Crippen molar-refractivity contribution in [2.45, 2.75) is 27.2 Å². The van der Waals surface area contributed by atoms with Gasteiger partial charge >= 0.3 is 0 Å². The molecule has 0 aliphatic rings. The molecule has 0 saturated heterocycles. The zero-order valence-electron chi connectivity index (χ0n) is 18.0. The van der Waals surface area contributed by atoms with Crippen LogP contribution in [0.25, 0.3) is 16.7 Å². The Hall–Kier alpha value is -2.55. The molecule has 4 heteroatoms. The summed E-state index contributed by atoms with van der Waals surface area (Å²) in [5.74, 6) is 1.07. The SMILES string of the molecule is CC(=O)C(C)Cc1ccc(OC/C=C(\C)c2ccc(-c3cccc(Cl)c3Cl)cc2)cc1. The Morgan fingerprint density at radius 1 is 0.968 bits per heavy atom. The number of carbonyl (C=O) groups is 1. The van der Waals surface area contributed by atoms with Gasteiger partial charge in [-0.05, 0) is 66.8 Å². The van der Waals surface area contributed by atoms with E-state index in [0.717, 1.165) is 40.0 Å². The van der Waals surface area contributed by atoms with Crippen LogP contribution in [0.5, 0.6) is 5.75 Å². The van der Waals surface area contributed by atoms with Crippen molar-refractivity contribution in [1.82, 2.24) is 0 Å². The Balaban J connectivity index is 1.59. The summed E-state index contributed by atoms with van der Waals surface area (Å²) in [7, 11) is 0. The van der Waals surface area contributed by atoms with Crippen LogP contribution < -0.4 is 4.74 Å². The summed E-state index contributed by atoms with van der Waals surface area (Å²) in [4.78, 5) is 11.4. The average molecular weight is 453 g/mol. The highest BCUT2D eigenvalue weighted by Gasteiger charge is 2.09. The molecule has 0 saturated carbocycles. The second-order valence-corrected chi connectivity index (χ2v) is 8.52. The van der Waals surface area contributed by atoms with Gasteiger partial charge in [0.2, 0.25) is 0 Å². The van der Waals surface area contributed by atoms with E-state index < -0.39 is 0 Å². The maximum Gasteiger partial charge on any atom is 0.132 e. The van der Waals surface area contributed by atoms with E-state index in [1.165, 1.54) is 0 Å². The number of Topliss-reactive ketones (excluding diaryl/α,β-unsaturated/α-hetero) is 1. The molecule has 0 aliphatic heterocycles. The quantitative estimate of drug-likeness (QED) is 0.346. The first-order valence-corrected chi connectivity index (χ1v) is 11.0. The van der Waals surface area contributed by atoms with Crippen molar-refractivity contribution in [2.75, 3.05) is 6.61 Å². The highest BCUT2D eigenvalue weighted by molar-refractivity contribution is 6.43. The van der Waals surface area contributed by atoms with Gasteiger partial charge in [0.15, 0.2) is 0 Å². The number of allylic oxidation sites excluding steroid dienone is 1. The van der Waals surface area contributed by atoms with Crippen molar-refractivity contribution in [3.8, 4) is 16.9 Å². The third-order valence-corrected chi connectivity index (χ3v) is 6.22. The Labute approximate surface area is 194 Å². The molecule has 160 valence electrons. The fourth-order valence-electron chi connectivity index (χ4n) is 3.24. The van der Waals surface area contributed by atoms with Crippen LogP contribution in [-0.4, -0.2) is 12.4 Å². The summed E-state index contributed by atoms with van der Waals surface area (Å²) in [6, 6.07) is 21.8. The minimum Gasteiger partial charge on any atom is -0.490 e. The molecular formula is C27H26Cl2O2. The van der Waals surface area contributed by atoms with Crippen LogP contribution in [0.4, 0.5) is 0 Å². The number of carbonyl (C=O) groups excluding carboxylic acids is 1. The van der Waals surface area contributed by atoms with Crippen molar-refractivity contribution in [3.63, 3.8) is 0 Å². The largest absolute Gasteiger partial charge is 0.490 e. The lowest BCUT2D eigenvalue weighted by molar-refractivity contribution is -0.120. The van der Waals surface area contributed by atoms with E-state index >= 15 is 0 Å². The Kier molecular flexibility index (Phi) is 7.95. The molecule has 2 nitrogen and oxygen atoms in total. The number of ketones is 1. The summed E-state index contributed by atoms with van der Waals surface area (Å²) in [5, 5.41) is 1.12. The maximum absolute atomic E-state index is 11.4. The Morgan fingerprint density at radius 2 is 1.65 bits per heavy atom. The first-order valence-electron chi connectivity index (χ1n) is 10.3. The van der Waals surface area contributed by atoms with Crippen LogP contribution in [0.15, 0.2) is 72.8 Å². The molecular weight excluding hydrogens is 427 g/mol. The lowest BCUT2D eigenvalue weighted by Gasteiger charge is -2.10. The fraction of sp³-hybridized carbons (Fsp3) is 0.222. The molecule has 1 atom stereocenters. The minimum atomic E-state index is 0.0404. The van der Waals surface area contributed by atoms with Crippen LogP contribution in [0, 0.1) is 5.92 Å². The highest BCUT2D eigenvalue weighted by Crippen LogP contribution is 2.33.